The molecule has 0 bridgehead atoms. The summed E-state index contributed by atoms with van der Waals surface area (Å²) < 4.78 is 52.9. The second-order valence-electron chi connectivity index (χ2n) is 7.12. The fourth-order valence-corrected chi connectivity index (χ4v) is 3.89. The van der Waals surface area contributed by atoms with Crippen molar-refractivity contribution in [2.75, 3.05) is 0 Å². The van der Waals surface area contributed by atoms with Gasteiger partial charge in [-0.25, -0.2) is 14.4 Å². The monoisotopic (exact) mass is 465 g/mol. The van der Waals surface area contributed by atoms with Crippen LogP contribution in [0.3, 0.4) is 0 Å². The van der Waals surface area contributed by atoms with Gasteiger partial charge in [-0.3, -0.25) is 4.79 Å². The summed E-state index contributed by atoms with van der Waals surface area (Å²) in [6.45, 7) is 0. The molecule has 0 saturated heterocycles. The Bertz CT molecular complexity index is 917. The number of pyridine rings is 2. The predicted octanol–water partition coefficient (Wildman–Crippen LogP) is 4.92. The largest absolute Gasteiger partial charge is 0.417 e. The Morgan fingerprint density at radius 3 is 2.43 bits per heavy atom. The first-order valence-corrected chi connectivity index (χ1v) is 9.77. The van der Waals surface area contributed by atoms with Gasteiger partial charge in [0.1, 0.15) is 17.0 Å². The Kier molecular flexibility index (Phi) is 6.54. The minimum Gasteiger partial charge on any atom is -0.387 e. The van der Waals surface area contributed by atoms with Gasteiger partial charge in [0.05, 0.1) is 22.2 Å². The van der Waals surface area contributed by atoms with Crippen LogP contribution in [-0.4, -0.2) is 32.8 Å². The Morgan fingerprint density at radius 2 is 1.87 bits per heavy atom. The van der Waals surface area contributed by atoms with Gasteiger partial charge in [-0.05, 0) is 43.4 Å². The Labute approximate surface area is 179 Å². The number of hydrogen-bond acceptors (Lipinski definition) is 4. The average molecular weight is 466 g/mol. The Balaban J connectivity index is 1.96. The van der Waals surface area contributed by atoms with Crippen molar-refractivity contribution in [3.8, 4) is 0 Å². The molecule has 1 aliphatic carbocycles. The number of hydrogen-bond donors (Lipinski definition) is 2. The van der Waals surface area contributed by atoms with Gasteiger partial charge in [0.2, 0.25) is 0 Å². The van der Waals surface area contributed by atoms with E-state index >= 15 is 0 Å². The summed E-state index contributed by atoms with van der Waals surface area (Å²) in [7, 11) is 0. The number of aliphatic hydroxyl groups is 1. The van der Waals surface area contributed by atoms with Gasteiger partial charge >= 0.3 is 6.18 Å². The molecule has 162 valence electrons. The van der Waals surface area contributed by atoms with Gasteiger partial charge in [0.15, 0.2) is 0 Å². The van der Waals surface area contributed by atoms with E-state index in [1.165, 1.54) is 18.3 Å². The standard InChI is InChI=1S/C19H17Cl2F4N3O2/c20-13-2-1-10(9-27-13)16(18(30)6-3-11(22)4-7-18)28-17(29)15-14(21)12(5-8-26-15)19(23,24)25/h1-2,5,8-9,11,16,30H,3-4,6-7H2,(H,28,29). The number of nitrogens with one attached hydrogen (secondary N) is 1. The summed E-state index contributed by atoms with van der Waals surface area (Å²) in [5, 5.41) is 13.0. The van der Waals surface area contributed by atoms with E-state index in [9.17, 15) is 27.5 Å². The van der Waals surface area contributed by atoms with Gasteiger partial charge in [-0.15, -0.1) is 0 Å². The number of rotatable bonds is 4. The van der Waals surface area contributed by atoms with Crippen molar-refractivity contribution >= 4 is 29.1 Å². The van der Waals surface area contributed by atoms with Gasteiger partial charge in [0.25, 0.3) is 5.91 Å². The van der Waals surface area contributed by atoms with Crippen molar-refractivity contribution < 1.29 is 27.5 Å². The molecular formula is C19H17Cl2F4N3O2. The van der Waals surface area contributed by atoms with E-state index in [0.29, 0.717) is 11.6 Å². The quantitative estimate of drug-likeness (QED) is 0.496. The second kappa shape index (κ2) is 8.64. The minimum absolute atomic E-state index is 0.0332. The molecule has 1 aliphatic rings. The molecule has 1 unspecified atom stereocenters. The van der Waals surface area contributed by atoms with Crippen LogP contribution in [0.1, 0.15) is 53.3 Å². The van der Waals surface area contributed by atoms with Crippen LogP contribution in [0.5, 0.6) is 0 Å². The van der Waals surface area contributed by atoms with Crippen LogP contribution in [0.25, 0.3) is 0 Å². The molecule has 0 radical (unpaired) electrons. The Hall–Kier alpha value is -1.97. The van der Waals surface area contributed by atoms with Crippen molar-refractivity contribution in [3.05, 3.63) is 57.6 Å². The molecule has 1 saturated carbocycles. The molecule has 3 rings (SSSR count). The van der Waals surface area contributed by atoms with E-state index in [1.807, 2.05) is 0 Å². The summed E-state index contributed by atoms with van der Waals surface area (Å²) in [6, 6.07) is 2.53. The molecule has 1 amide bonds. The van der Waals surface area contributed by atoms with Crippen LogP contribution in [0.4, 0.5) is 17.6 Å². The van der Waals surface area contributed by atoms with E-state index in [0.717, 1.165) is 6.20 Å². The van der Waals surface area contributed by atoms with E-state index in [-0.39, 0.29) is 30.8 Å². The zero-order chi connectivity index (χ0) is 22.1. The molecule has 0 aromatic carbocycles. The third-order valence-electron chi connectivity index (χ3n) is 5.09. The Morgan fingerprint density at radius 1 is 1.20 bits per heavy atom. The maximum Gasteiger partial charge on any atom is 0.417 e. The second-order valence-corrected chi connectivity index (χ2v) is 7.88. The SMILES string of the molecule is O=C(NC(c1ccc(Cl)nc1)C1(O)CCC(F)CC1)c1nccc(C(F)(F)F)c1Cl. The van der Waals surface area contributed by atoms with E-state index < -0.39 is 46.2 Å². The summed E-state index contributed by atoms with van der Waals surface area (Å²) in [5.74, 6) is -1.01. The number of carbonyl (C=O) groups excluding carboxylic acids is 1. The van der Waals surface area contributed by atoms with Crippen molar-refractivity contribution in [2.45, 2.75) is 49.7 Å². The van der Waals surface area contributed by atoms with Crippen molar-refractivity contribution in [1.29, 1.82) is 0 Å². The van der Waals surface area contributed by atoms with Crippen molar-refractivity contribution in [1.82, 2.24) is 15.3 Å². The topological polar surface area (TPSA) is 75.1 Å². The van der Waals surface area contributed by atoms with Gasteiger partial charge in [-0.2, -0.15) is 13.2 Å². The number of amides is 1. The van der Waals surface area contributed by atoms with Gasteiger partial charge in [-0.1, -0.05) is 29.3 Å². The molecule has 5 nitrogen and oxygen atoms in total. The lowest BCUT2D eigenvalue weighted by molar-refractivity contribution is -0.137. The average Bonchev–Trinajstić information content (AvgIpc) is 2.68. The highest BCUT2D eigenvalue weighted by Gasteiger charge is 2.43. The highest BCUT2D eigenvalue weighted by molar-refractivity contribution is 6.34. The van der Waals surface area contributed by atoms with Crippen LogP contribution in [0.15, 0.2) is 30.6 Å². The molecule has 30 heavy (non-hydrogen) atoms. The number of carbonyl (C=O) groups is 1. The lowest BCUT2D eigenvalue weighted by Gasteiger charge is -2.40. The molecule has 2 N–H and O–H groups in total. The molecule has 1 atom stereocenters. The molecule has 2 aromatic heterocycles. The maximum absolute atomic E-state index is 13.6. The third-order valence-corrected chi connectivity index (χ3v) is 5.69. The zero-order valence-corrected chi connectivity index (χ0v) is 16.9. The highest BCUT2D eigenvalue weighted by atomic mass is 35.5. The van der Waals surface area contributed by atoms with Crippen LogP contribution >= 0.6 is 23.2 Å². The fraction of sp³-hybridized carbons (Fsp3) is 0.421. The molecule has 1 fully saturated rings. The molecule has 11 heteroatoms. The summed E-state index contributed by atoms with van der Waals surface area (Å²) >= 11 is 11.6. The van der Waals surface area contributed by atoms with Crippen LogP contribution in [0, 0.1) is 0 Å². The lowest BCUT2D eigenvalue weighted by atomic mass is 9.76. The molecule has 0 spiro atoms. The number of halogens is 6. The first-order chi connectivity index (χ1) is 14.0. The van der Waals surface area contributed by atoms with Crippen molar-refractivity contribution in [3.63, 3.8) is 0 Å². The molecule has 0 aliphatic heterocycles. The normalized spacial score (nSPS) is 23.1. The minimum atomic E-state index is -4.77. The van der Waals surface area contributed by atoms with E-state index in [2.05, 4.69) is 15.3 Å². The molecule has 2 heterocycles. The summed E-state index contributed by atoms with van der Waals surface area (Å²) in [6.07, 6.45) is -3.48. The smallest absolute Gasteiger partial charge is 0.387 e. The number of aromatic nitrogens is 2. The van der Waals surface area contributed by atoms with Gasteiger partial charge in [0, 0.05) is 12.4 Å². The van der Waals surface area contributed by atoms with E-state index in [1.54, 1.807) is 0 Å². The van der Waals surface area contributed by atoms with Crippen LogP contribution in [-0.2, 0) is 6.18 Å². The van der Waals surface area contributed by atoms with E-state index in [4.69, 9.17) is 23.2 Å². The molecule has 2 aromatic rings. The van der Waals surface area contributed by atoms with Crippen LogP contribution < -0.4 is 5.32 Å². The maximum atomic E-state index is 13.6. The van der Waals surface area contributed by atoms with Crippen molar-refractivity contribution in [2.24, 2.45) is 0 Å². The first-order valence-electron chi connectivity index (χ1n) is 9.02. The van der Waals surface area contributed by atoms with Gasteiger partial charge < -0.3 is 10.4 Å². The zero-order valence-electron chi connectivity index (χ0n) is 15.4. The number of nitrogens with zero attached hydrogens (tertiary/aromatic N) is 2. The fourth-order valence-electron chi connectivity index (χ4n) is 3.48. The lowest BCUT2D eigenvalue weighted by Crippen LogP contribution is -2.48. The predicted molar refractivity (Wildman–Crippen MR) is 102 cm³/mol. The third kappa shape index (κ3) is 4.84. The number of alkyl halides is 4. The summed E-state index contributed by atoms with van der Waals surface area (Å²) in [4.78, 5) is 20.4. The van der Waals surface area contributed by atoms with Crippen LogP contribution in [0.2, 0.25) is 10.2 Å². The first kappa shape index (κ1) is 22.7. The highest BCUT2D eigenvalue weighted by Crippen LogP contribution is 2.40. The summed E-state index contributed by atoms with van der Waals surface area (Å²) in [5.41, 5.74) is -3.02. The molecular weight excluding hydrogens is 449 g/mol.